The van der Waals surface area contributed by atoms with Gasteiger partial charge in [0.2, 0.25) is 0 Å². The smallest absolute Gasteiger partial charge is 0.258 e. The van der Waals surface area contributed by atoms with E-state index in [1.165, 1.54) is 6.33 Å². The second-order valence-corrected chi connectivity index (χ2v) is 5.67. The van der Waals surface area contributed by atoms with Gasteiger partial charge in [-0.2, -0.15) is 0 Å². The third-order valence-corrected chi connectivity index (χ3v) is 4.30. The van der Waals surface area contributed by atoms with Crippen molar-refractivity contribution in [2.24, 2.45) is 5.92 Å². The van der Waals surface area contributed by atoms with Gasteiger partial charge in [-0.25, -0.2) is 4.98 Å². The quantitative estimate of drug-likeness (QED) is 0.640. The average molecular weight is 288 g/mol. The van der Waals surface area contributed by atoms with Crippen LogP contribution < -0.4 is 16.6 Å². The summed E-state index contributed by atoms with van der Waals surface area (Å²) in [6.45, 7) is 0.184. The maximum absolute atomic E-state index is 11.7. The highest BCUT2D eigenvalue weighted by Crippen LogP contribution is 2.30. The van der Waals surface area contributed by atoms with Gasteiger partial charge in [-0.05, 0) is 25.0 Å². The number of nitrogens with one attached hydrogen (secondary N) is 2. The van der Waals surface area contributed by atoms with E-state index in [4.69, 9.17) is 5.73 Å². The van der Waals surface area contributed by atoms with Gasteiger partial charge in [0.05, 0.1) is 28.6 Å². The zero-order valence-electron chi connectivity index (χ0n) is 11.8. The number of nitrogens with zero attached hydrogens (tertiary/aromatic N) is 1. The molecule has 1 fully saturated rings. The summed E-state index contributed by atoms with van der Waals surface area (Å²) >= 11 is 0. The molecule has 1 aliphatic carbocycles. The van der Waals surface area contributed by atoms with Crippen LogP contribution in [0.25, 0.3) is 10.9 Å². The lowest BCUT2D eigenvalue weighted by Crippen LogP contribution is -2.34. The highest BCUT2D eigenvalue weighted by molar-refractivity contribution is 5.88. The van der Waals surface area contributed by atoms with Crippen molar-refractivity contribution >= 4 is 22.3 Å². The number of H-pyrrole nitrogens is 1. The molecular weight excluding hydrogens is 268 g/mol. The van der Waals surface area contributed by atoms with Gasteiger partial charge in [-0.1, -0.05) is 12.8 Å². The zero-order chi connectivity index (χ0) is 14.8. The second-order valence-electron chi connectivity index (χ2n) is 5.67. The van der Waals surface area contributed by atoms with E-state index in [0.717, 1.165) is 31.4 Å². The Balaban J connectivity index is 1.93. The first-order valence-electron chi connectivity index (χ1n) is 7.33. The standard InChI is InChI=1S/C15H20N4O2/c16-11-5-10-13(17-8-18-15(10)21)6-14(11)19-12-4-2-1-3-9(12)7-20/h5-6,8-9,12,19-20H,1-4,7,16H2,(H,17,18,21). The zero-order valence-corrected chi connectivity index (χ0v) is 11.8. The molecule has 0 radical (unpaired) electrons. The minimum atomic E-state index is -0.191. The Morgan fingerprint density at radius 2 is 2.19 bits per heavy atom. The van der Waals surface area contributed by atoms with Crippen LogP contribution in [0.15, 0.2) is 23.3 Å². The van der Waals surface area contributed by atoms with E-state index in [0.29, 0.717) is 16.6 Å². The van der Waals surface area contributed by atoms with Crippen molar-refractivity contribution in [2.45, 2.75) is 31.7 Å². The van der Waals surface area contributed by atoms with Gasteiger partial charge < -0.3 is 21.1 Å². The maximum Gasteiger partial charge on any atom is 0.258 e. The maximum atomic E-state index is 11.7. The van der Waals surface area contributed by atoms with Crippen molar-refractivity contribution in [1.29, 1.82) is 0 Å². The summed E-state index contributed by atoms with van der Waals surface area (Å²) in [5.74, 6) is 0.251. The number of aromatic nitrogens is 2. The Labute approximate surface area is 122 Å². The van der Waals surface area contributed by atoms with Gasteiger partial charge in [-0.3, -0.25) is 4.79 Å². The molecule has 0 amide bonds. The normalized spacial score (nSPS) is 22.3. The molecule has 0 bridgehead atoms. The van der Waals surface area contributed by atoms with E-state index in [-0.39, 0.29) is 24.1 Å². The number of nitrogens with two attached hydrogens (primary N) is 1. The molecule has 1 aliphatic rings. The third kappa shape index (κ3) is 2.71. The predicted octanol–water partition coefficient (Wildman–Crippen LogP) is 1.47. The first-order chi connectivity index (χ1) is 10.2. The number of rotatable bonds is 3. The molecule has 21 heavy (non-hydrogen) atoms. The molecule has 1 aromatic carbocycles. The fraction of sp³-hybridized carbons (Fsp3) is 0.467. The minimum absolute atomic E-state index is 0.184. The molecule has 2 aromatic rings. The van der Waals surface area contributed by atoms with Crippen molar-refractivity contribution in [3.05, 3.63) is 28.8 Å². The van der Waals surface area contributed by atoms with Crippen molar-refractivity contribution in [2.75, 3.05) is 17.7 Å². The molecule has 6 heteroatoms. The summed E-state index contributed by atoms with van der Waals surface area (Å²) in [6.07, 6.45) is 5.75. The fourth-order valence-corrected chi connectivity index (χ4v) is 3.07. The van der Waals surface area contributed by atoms with Gasteiger partial charge in [0.15, 0.2) is 0 Å². The van der Waals surface area contributed by atoms with Crippen LogP contribution in [0, 0.1) is 5.92 Å². The van der Waals surface area contributed by atoms with Crippen LogP contribution in [0.3, 0.4) is 0 Å². The molecule has 3 rings (SSSR count). The topological polar surface area (TPSA) is 104 Å². The van der Waals surface area contributed by atoms with Gasteiger partial charge >= 0.3 is 0 Å². The summed E-state index contributed by atoms with van der Waals surface area (Å²) in [7, 11) is 0. The van der Waals surface area contributed by atoms with Crippen molar-refractivity contribution in [3.63, 3.8) is 0 Å². The van der Waals surface area contributed by atoms with Crippen LogP contribution in [0.5, 0.6) is 0 Å². The Morgan fingerprint density at radius 3 is 3.00 bits per heavy atom. The lowest BCUT2D eigenvalue weighted by molar-refractivity contribution is 0.178. The average Bonchev–Trinajstić information content (AvgIpc) is 2.50. The van der Waals surface area contributed by atoms with Gasteiger partial charge in [-0.15, -0.1) is 0 Å². The first-order valence-corrected chi connectivity index (χ1v) is 7.33. The van der Waals surface area contributed by atoms with Crippen LogP contribution in [0.4, 0.5) is 11.4 Å². The van der Waals surface area contributed by atoms with Crippen molar-refractivity contribution < 1.29 is 5.11 Å². The molecule has 5 N–H and O–H groups in total. The van der Waals surface area contributed by atoms with Crippen LogP contribution in [0.2, 0.25) is 0 Å². The Hall–Kier alpha value is -2.08. The molecular formula is C15H20N4O2. The van der Waals surface area contributed by atoms with E-state index in [2.05, 4.69) is 15.3 Å². The number of aliphatic hydroxyl groups is 1. The van der Waals surface area contributed by atoms with Crippen molar-refractivity contribution in [3.8, 4) is 0 Å². The minimum Gasteiger partial charge on any atom is -0.397 e. The predicted molar refractivity (Wildman–Crippen MR) is 83.2 cm³/mol. The molecule has 2 unspecified atom stereocenters. The number of nitrogen functional groups attached to an aromatic ring is 1. The van der Waals surface area contributed by atoms with Gasteiger partial charge in [0, 0.05) is 18.6 Å². The molecule has 2 atom stereocenters. The van der Waals surface area contributed by atoms with Crippen molar-refractivity contribution in [1.82, 2.24) is 9.97 Å². The molecule has 6 nitrogen and oxygen atoms in total. The third-order valence-electron chi connectivity index (χ3n) is 4.30. The number of anilines is 2. The van der Waals surface area contributed by atoms with E-state index in [9.17, 15) is 9.90 Å². The Kier molecular flexibility index (Phi) is 3.79. The Bertz CT molecular complexity index is 698. The van der Waals surface area contributed by atoms with Crippen LogP contribution >= 0.6 is 0 Å². The number of aromatic amines is 1. The summed E-state index contributed by atoms with van der Waals surface area (Å²) in [6, 6.07) is 3.67. The first kappa shape index (κ1) is 13.9. The van der Waals surface area contributed by atoms with Gasteiger partial charge in [0.1, 0.15) is 0 Å². The van der Waals surface area contributed by atoms with Gasteiger partial charge in [0.25, 0.3) is 5.56 Å². The number of benzene rings is 1. The molecule has 1 saturated carbocycles. The SMILES string of the molecule is Nc1cc2c(=O)[nH]cnc2cc1NC1CCCCC1CO. The largest absolute Gasteiger partial charge is 0.397 e. The summed E-state index contributed by atoms with van der Waals surface area (Å²) in [4.78, 5) is 18.4. The van der Waals surface area contributed by atoms with Crippen LogP contribution in [-0.2, 0) is 0 Å². The molecule has 1 heterocycles. The fourth-order valence-electron chi connectivity index (χ4n) is 3.07. The molecule has 0 saturated heterocycles. The van der Waals surface area contributed by atoms with Crippen LogP contribution in [0.1, 0.15) is 25.7 Å². The summed E-state index contributed by atoms with van der Waals surface area (Å²) < 4.78 is 0. The molecule has 1 aromatic heterocycles. The molecule has 112 valence electrons. The number of hydrogen-bond donors (Lipinski definition) is 4. The lowest BCUT2D eigenvalue weighted by Gasteiger charge is -2.32. The summed E-state index contributed by atoms with van der Waals surface area (Å²) in [5, 5.41) is 13.4. The highest BCUT2D eigenvalue weighted by atomic mass is 16.3. The number of fused-ring (bicyclic) bond motifs is 1. The van der Waals surface area contributed by atoms with Crippen LogP contribution in [-0.4, -0.2) is 27.7 Å². The van der Waals surface area contributed by atoms with E-state index >= 15 is 0 Å². The molecule has 0 spiro atoms. The monoisotopic (exact) mass is 288 g/mol. The molecule has 0 aliphatic heterocycles. The lowest BCUT2D eigenvalue weighted by atomic mass is 9.85. The highest BCUT2D eigenvalue weighted by Gasteiger charge is 2.24. The van der Waals surface area contributed by atoms with E-state index < -0.39 is 0 Å². The Morgan fingerprint density at radius 1 is 1.38 bits per heavy atom. The second kappa shape index (κ2) is 5.73. The van der Waals surface area contributed by atoms with E-state index in [1.807, 2.05) is 6.07 Å². The number of aliphatic hydroxyl groups excluding tert-OH is 1. The summed E-state index contributed by atoms with van der Waals surface area (Å²) in [5.41, 5.74) is 7.79. The number of hydrogen-bond acceptors (Lipinski definition) is 5. The van der Waals surface area contributed by atoms with E-state index in [1.54, 1.807) is 6.07 Å².